The van der Waals surface area contributed by atoms with Gasteiger partial charge in [0, 0.05) is 7.11 Å². The van der Waals surface area contributed by atoms with E-state index in [9.17, 15) is 18.6 Å². The Balaban J connectivity index is 2.47. The van der Waals surface area contributed by atoms with Gasteiger partial charge in [0.15, 0.2) is 0 Å². The summed E-state index contributed by atoms with van der Waals surface area (Å²) >= 11 is 0. The highest BCUT2D eigenvalue weighted by Crippen LogP contribution is 2.23. The van der Waals surface area contributed by atoms with Gasteiger partial charge in [-0.05, 0) is 6.92 Å². The topological polar surface area (TPSA) is 123 Å². The van der Waals surface area contributed by atoms with Crippen LogP contribution in [0.2, 0.25) is 0 Å². The van der Waals surface area contributed by atoms with E-state index in [0.717, 1.165) is 0 Å². The zero-order valence-corrected chi connectivity index (χ0v) is 11.6. The van der Waals surface area contributed by atoms with Gasteiger partial charge in [-0.25, -0.2) is 0 Å². The summed E-state index contributed by atoms with van der Waals surface area (Å²) in [5, 5.41) is 19.5. The Morgan fingerprint density at radius 3 is 2.42 bits per heavy atom. The van der Waals surface area contributed by atoms with Gasteiger partial charge < -0.3 is 24.4 Å². The minimum atomic E-state index is -4.06. The molecule has 1 aliphatic rings. The monoisotopic (exact) mass is 300 g/mol. The first kappa shape index (κ1) is 16.8. The molecule has 1 aliphatic heterocycles. The summed E-state index contributed by atoms with van der Waals surface area (Å²) in [7, 11) is -2.70. The molecule has 1 heterocycles. The van der Waals surface area contributed by atoms with E-state index in [2.05, 4.69) is 0 Å². The first-order valence-electron chi connectivity index (χ1n) is 5.83. The maximum atomic E-state index is 10.5. The van der Waals surface area contributed by atoms with Crippen molar-refractivity contribution < 1.29 is 37.4 Å². The van der Waals surface area contributed by atoms with Crippen molar-refractivity contribution in [2.75, 3.05) is 26.1 Å². The van der Waals surface area contributed by atoms with Crippen LogP contribution in [0, 0.1) is 0 Å². The Morgan fingerprint density at radius 1 is 1.26 bits per heavy atom. The van der Waals surface area contributed by atoms with Gasteiger partial charge in [0.25, 0.3) is 10.1 Å². The Bertz CT molecular complexity index is 370. The first-order valence-corrected chi connectivity index (χ1v) is 7.44. The van der Waals surface area contributed by atoms with E-state index >= 15 is 0 Å². The summed E-state index contributed by atoms with van der Waals surface area (Å²) < 4.78 is 45.1. The van der Waals surface area contributed by atoms with E-state index in [1.165, 1.54) is 7.11 Å². The number of aliphatic hydroxyl groups is 2. The molecule has 0 bridgehead atoms. The second-order valence-electron chi connectivity index (χ2n) is 4.42. The van der Waals surface area contributed by atoms with Gasteiger partial charge in [0.1, 0.15) is 24.4 Å². The third-order valence-electron chi connectivity index (χ3n) is 2.96. The molecular weight excluding hydrogens is 280 g/mol. The minimum Gasteiger partial charge on any atom is -0.388 e. The lowest BCUT2D eigenvalue weighted by Gasteiger charge is -2.40. The number of hydrogen-bond acceptors (Lipinski definition) is 7. The van der Waals surface area contributed by atoms with Crippen molar-refractivity contribution in [2.45, 2.75) is 37.4 Å². The molecular formula is C10H20O8S. The summed E-state index contributed by atoms with van der Waals surface area (Å²) in [4.78, 5) is 0. The molecule has 0 saturated carbocycles. The Morgan fingerprint density at radius 2 is 1.89 bits per heavy atom. The fourth-order valence-corrected chi connectivity index (χ4v) is 2.24. The Kier molecular flexibility index (Phi) is 6.12. The van der Waals surface area contributed by atoms with Gasteiger partial charge in [0.2, 0.25) is 0 Å². The van der Waals surface area contributed by atoms with Gasteiger partial charge in [0.05, 0.1) is 25.1 Å². The fourth-order valence-electron chi connectivity index (χ4n) is 1.91. The molecule has 5 atom stereocenters. The van der Waals surface area contributed by atoms with Crippen LogP contribution in [0.5, 0.6) is 0 Å². The maximum Gasteiger partial charge on any atom is 0.267 e. The minimum absolute atomic E-state index is 0.0118. The summed E-state index contributed by atoms with van der Waals surface area (Å²) in [6.45, 7) is 1.40. The summed E-state index contributed by atoms with van der Waals surface area (Å²) in [6.07, 6.45) is -4.14. The lowest BCUT2D eigenvalue weighted by Crippen LogP contribution is -2.58. The lowest BCUT2D eigenvalue weighted by molar-refractivity contribution is -0.234. The van der Waals surface area contributed by atoms with Crippen LogP contribution in [0.4, 0.5) is 0 Å². The predicted molar refractivity (Wildman–Crippen MR) is 64.4 cm³/mol. The van der Waals surface area contributed by atoms with Crippen LogP contribution in [-0.4, -0.2) is 79.8 Å². The van der Waals surface area contributed by atoms with Crippen LogP contribution >= 0.6 is 0 Å². The van der Waals surface area contributed by atoms with E-state index in [1.54, 1.807) is 6.92 Å². The molecule has 0 aromatic heterocycles. The van der Waals surface area contributed by atoms with Crippen molar-refractivity contribution in [1.29, 1.82) is 0 Å². The number of aliphatic hydroxyl groups excluding tert-OH is 2. The molecule has 19 heavy (non-hydrogen) atoms. The quantitative estimate of drug-likeness (QED) is 0.396. The summed E-state index contributed by atoms with van der Waals surface area (Å²) in [6, 6.07) is 0. The molecule has 1 saturated heterocycles. The van der Waals surface area contributed by atoms with Crippen molar-refractivity contribution in [3.63, 3.8) is 0 Å². The third-order valence-corrected chi connectivity index (χ3v) is 3.65. The molecule has 0 amide bonds. The summed E-state index contributed by atoms with van der Waals surface area (Å²) in [5.74, 6) is -0.516. The molecule has 2 unspecified atom stereocenters. The van der Waals surface area contributed by atoms with Crippen LogP contribution in [0.25, 0.3) is 0 Å². The van der Waals surface area contributed by atoms with Crippen LogP contribution in [0.15, 0.2) is 0 Å². The van der Waals surface area contributed by atoms with Crippen molar-refractivity contribution >= 4 is 10.1 Å². The first-order chi connectivity index (χ1) is 8.76. The van der Waals surface area contributed by atoms with E-state index in [-0.39, 0.29) is 13.2 Å². The van der Waals surface area contributed by atoms with Crippen molar-refractivity contribution in [3.05, 3.63) is 0 Å². The van der Waals surface area contributed by atoms with Gasteiger partial charge in [-0.15, -0.1) is 0 Å². The molecule has 114 valence electrons. The average Bonchev–Trinajstić information content (AvgIpc) is 2.31. The zero-order chi connectivity index (χ0) is 14.6. The van der Waals surface area contributed by atoms with Crippen LogP contribution in [0.3, 0.4) is 0 Å². The molecule has 8 nitrogen and oxygen atoms in total. The molecule has 0 aliphatic carbocycles. The number of methoxy groups -OCH3 is 1. The molecule has 0 spiro atoms. The average molecular weight is 300 g/mol. The van der Waals surface area contributed by atoms with Gasteiger partial charge in [-0.1, -0.05) is 0 Å². The van der Waals surface area contributed by atoms with E-state index < -0.39 is 46.4 Å². The van der Waals surface area contributed by atoms with Gasteiger partial charge in [-0.2, -0.15) is 8.42 Å². The van der Waals surface area contributed by atoms with E-state index in [1.807, 2.05) is 0 Å². The van der Waals surface area contributed by atoms with Crippen LogP contribution in [0.1, 0.15) is 6.92 Å². The summed E-state index contributed by atoms with van der Waals surface area (Å²) in [5.41, 5.74) is 0. The molecule has 9 heteroatoms. The largest absolute Gasteiger partial charge is 0.388 e. The van der Waals surface area contributed by atoms with E-state index in [4.69, 9.17) is 18.8 Å². The van der Waals surface area contributed by atoms with Crippen LogP contribution < -0.4 is 0 Å². The normalized spacial score (nSPS) is 36.4. The number of ether oxygens (including phenoxy) is 3. The smallest absolute Gasteiger partial charge is 0.267 e. The zero-order valence-electron chi connectivity index (χ0n) is 10.8. The highest BCUT2D eigenvalue weighted by atomic mass is 32.2. The highest BCUT2D eigenvalue weighted by Gasteiger charge is 2.42. The molecule has 3 N–H and O–H groups in total. The number of rotatable bonds is 6. The molecule has 0 aromatic rings. The second kappa shape index (κ2) is 6.93. The van der Waals surface area contributed by atoms with E-state index in [0.29, 0.717) is 0 Å². The Hall–Kier alpha value is -0.290. The SMILES string of the molecule is CO[C@H]1C(COCCS(=O)(=O)O)O[C@H](C)C(O)[C@@H]1O. The Labute approximate surface area is 112 Å². The van der Waals surface area contributed by atoms with Crippen molar-refractivity contribution in [2.24, 2.45) is 0 Å². The molecule has 0 aromatic carbocycles. The maximum absolute atomic E-state index is 10.5. The standard InChI is InChI=1S/C10H20O8S/c1-6-8(11)9(12)10(16-2)7(18-6)5-17-3-4-19(13,14)15/h6-12H,3-5H2,1-2H3,(H,13,14,15)/t6-,7?,8?,9+,10+/m1/s1. The second-order valence-corrected chi connectivity index (χ2v) is 5.99. The third kappa shape index (κ3) is 4.95. The highest BCUT2D eigenvalue weighted by molar-refractivity contribution is 7.85. The fraction of sp³-hybridized carbons (Fsp3) is 1.00. The molecule has 0 radical (unpaired) electrons. The number of hydrogen-bond donors (Lipinski definition) is 3. The predicted octanol–water partition coefficient (Wildman–Crippen LogP) is -1.59. The molecule has 1 rings (SSSR count). The van der Waals surface area contributed by atoms with Gasteiger partial charge >= 0.3 is 0 Å². The molecule has 1 fully saturated rings. The van der Waals surface area contributed by atoms with Crippen molar-refractivity contribution in [3.8, 4) is 0 Å². The van der Waals surface area contributed by atoms with Gasteiger partial charge in [-0.3, -0.25) is 4.55 Å². The van der Waals surface area contributed by atoms with Crippen LogP contribution in [-0.2, 0) is 24.3 Å². The lowest BCUT2D eigenvalue weighted by atomic mass is 9.96. The van der Waals surface area contributed by atoms with Crippen molar-refractivity contribution in [1.82, 2.24) is 0 Å².